The fourth-order valence-electron chi connectivity index (χ4n) is 4.21. The van der Waals surface area contributed by atoms with E-state index < -0.39 is 0 Å². The third-order valence-electron chi connectivity index (χ3n) is 5.90. The highest BCUT2D eigenvalue weighted by Gasteiger charge is 2.32. The van der Waals surface area contributed by atoms with Gasteiger partial charge in [-0.2, -0.15) is 0 Å². The molecule has 1 saturated carbocycles. The first-order valence-electron chi connectivity index (χ1n) is 10.8. The van der Waals surface area contributed by atoms with Crippen LogP contribution in [0.1, 0.15) is 44.6 Å². The van der Waals surface area contributed by atoms with Gasteiger partial charge in [0, 0.05) is 43.6 Å². The van der Waals surface area contributed by atoms with Crippen molar-refractivity contribution in [1.29, 1.82) is 0 Å². The fourth-order valence-corrected chi connectivity index (χ4v) is 5.01. The van der Waals surface area contributed by atoms with Gasteiger partial charge in [-0.25, -0.2) is 0 Å². The van der Waals surface area contributed by atoms with E-state index in [-0.39, 0.29) is 5.91 Å². The summed E-state index contributed by atoms with van der Waals surface area (Å²) in [5.74, 6) is 1.33. The first kappa shape index (κ1) is 18.8. The number of benzene rings is 1. The van der Waals surface area contributed by atoms with E-state index in [0.717, 1.165) is 43.0 Å². The summed E-state index contributed by atoms with van der Waals surface area (Å²) in [6, 6.07) is 8.69. The van der Waals surface area contributed by atoms with Crippen molar-refractivity contribution in [3.8, 4) is 0 Å². The Bertz CT molecular complexity index is 851. The van der Waals surface area contributed by atoms with Crippen LogP contribution in [0.25, 0.3) is 0 Å². The molecular weight excluding hydrogens is 384 g/mol. The molecule has 0 bridgehead atoms. The van der Waals surface area contributed by atoms with Gasteiger partial charge in [-0.05, 0) is 62.8 Å². The number of thioether (sulfide) groups is 1. The smallest absolute Gasteiger partial charge is 0.234 e. The van der Waals surface area contributed by atoms with E-state index in [1.54, 1.807) is 0 Å². The molecule has 2 saturated heterocycles. The van der Waals surface area contributed by atoms with E-state index in [2.05, 4.69) is 42.0 Å². The Hall–Kier alpha value is -2.22. The Labute approximate surface area is 175 Å². The standard InChI is InChI=1S/C21H28N6OS/c28-19(22-16-5-7-17(8-6-16)25-11-1-2-12-25)15-29-21-24-23-20(26-13-3-4-14-26)27(21)18-9-10-18/h5-8,18H,1-4,9-15H2,(H,22,28). The highest BCUT2D eigenvalue weighted by Crippen LogP contribution is 2.41. The number of amides is 1. The fraction of sp³-hybridized carbons (Fsp3) is 0.571. The average Bonchev–Trinajstić information content (AvgIpc) is 3.18. The molecule has 154 valence electrons. The summed E-state index contributed by atoms with van der Waals surface area (Å²) in [5.41, 5.74) is 2.09. The molecule has 3 aliphatic rings. The van der Waals surface area contributed by atoms with Crippen LogP contribution in [0.3, 0.4) is 0 Å². The minimum atomic E-state index is -0.00279. The summed E-state index contributed by atoms with van der Waals surface area (Å²) < 4.78 is 2.26. The molecule has 5 rings (SSSR count). The number of hydrogen-bond donors (Lipinski definition) is 1. The Balaban J connectivity index is 1.19. The lowest BCUT2D eigenvalue weighted by Gasteiger charge is -2.18. The highest BCUT2D eigenvalue weighted by molar-refractivity contribution is 7.99. The van der Waals surface area contributed by atoms with Crippen LogP contribution in [0, 0.1) is 0 Å². The molecule has 29 heavy (non-hydrogen) atoms. The van der Waals surface area contributed by atoms with Crippen molar-refractivity contribution in [2.45, 2.75) is 49.7 Å². The number of nitrogens with one attached hydrogen (secondary N) is 1. The van der Waals surface area contributed by atoms with Crippen molar-refractivity contribution in [3.63, 3.8) is 0 Å². The normalized spacial score (nSPS) is 19.2. The summed E-state index contributed by atoms with van der Waals surface area (Å²) in [6.45, 7) is 4.37. The first-order chi connectivity index (χ1) is 14.3. The molecule has 3 heterocycles. The van der Waals surface area contributed by atoms with E-state index in [4.69, 9.17) is 0 Å². The molecule has 1 aromatic carbocycles. The van der Waals surface area contributed by atoms with Crippen molar-refractivity contribution < 1.29 is 4.79 Å². The maximum atomic E-state index is 12.5. The molecule has 0 atom stereocenters. The van der Waals surface area contributed by atoms with E-state index in [1.807, 2.05) is 12.1 Å². The second-order valence-corrected chi connectivity index (χ2v) is 9.10. The zero-order chi connectivity index (χ0) is 19.6. The van der Waals surface area contributed by atoms with Crippen LogP contribution in [0.5, 0.6) is 0 Å². The quantitative estimate of drug-likeness (QED) is 0.702. The van der Waals surface area contributed by atoms with Gasteiger partial charge in [0.2, 0.25) is 11.9 Å². The summed E-state index contributed by atoms with van der Waals surface area (Å²) in [5, 5.41) is 12.7. The minimum absolute atomic E-state index is 0.00279. The predicted octanol–water partition coefficient (Wildman–Crippen LogP) is 3.54. The molecule has 0 radical (unpaired) electrons. The molecular formula is C21H28N6OS. The number of nitrogens with zero attached hydrogens (tertiary/aromatic N) is 5. The van der Waals surface area contributed by atoms with E-state index in [1.165, 1.54) is 56.0 Å². The van der Waals surface area contributed by atoms with Crippen LogP contribution in [0.2, 0.25) is 0 Å². The zero-order valence-electron chi connectivity index (χ0n) is 16.7. The molecule has 3 fully saturated rings. The number of aromatic nitrogens is 3. The lowest BCUT2D eigenvalue weighted by Crippen LogP contribution is -2.22. The van der Waals surface area contributed by atoms with E-state index >= 15 is 0 Å². The largest absolute Gasteiger partial charge is 0.372 e. The Kier molecular flexibility index (Phi) is 5.35. The van der Waals surface area contributed by atoms with Gasteiger partial charge in [0.15, 0.2) is 5.16 Å². The van der Waals surface area contributed by atoms with Crippen LogP contribution in [-0.2, 0) is 4.79 Å². The monoisotopic (exact) mass is 412 g/mol. The van der Waals surface area contributed by atoms with Gasteiger partial charge in [0.05, 0.1) is 5.75 Å². The third-order valence-corrected chi connectivity index (χ3v) is 6.85. The van der Waals surface area contributed by atoms with Crippen LogP contribution < -0.4 is 15.1 Å². The Morgan fingerprint density at radius 2 is 1.62 bits per heavy atom. The molecule has 2 aromatic rings. The number of carbonyl (C=O) groups excluding carboxylic acids is 1. The van der Waals surface area contributed by atoms with Crippen molar-refractivity contribution in [2.75, 3.05) is 47.0 Å². The predicted molar refractivity (Wildman–Crippen MR) is 117 cm³/mol. The molecule has 0 spiro atoms. The number of carbonyl (C=O) groups is 1. The maximum Gasteiger partial charge on any atom is 0.234 e. The van der Waals surface area contributed by atoms with Crippen LogP contribution in [0.4, 0.5) is 17.3 Å². The molecule has 1 aromatic heterocycles. The molecule has 2 aliphatic heterocycles. The van der Waals surface area contributed by atoms with Gasteiger partial charge >= 0.3 is 0 Å². The summed E-state index contributed by atoms with van der Waals surface area (Å²) in [4.78, 5) is 17.2. The van der Waals surface area contributed by atoms with Gasteiger partial charge in [0.25, 0.3) is 0 Å². The molecule has 0 unspecified atom stereocenters. The van der Waals surface area contributed by atoms with Gasteiger partial charge in [-0.3, -0.25) is 9.36 Å². The first-order valence-corrected chi connectivity index (χ1v) is 11.7. The molecule has 7 nitrogen and oxygen atoms in total. The van der Waals surface area contributed by atoms with Gasteiger partial charge < -0.3 is 15.1 Å². The topological polar surface area (TPSA) is 66.3 Å². The summed E-state index contributed by atoms with van der Waals surface area (Å²) in [6.07, 6.45) is 7.34. The number of anilines is 3. The second-order valence-electron chi connectivity index (χ2n) is 8.16. The number of hydrogen-bond acceptors (Lipinski definition) is 6. The lowest BCUT2D eigenvalue weighted by molar-refractivity contribution is -0.113. The molecule has 1 N–H and O–H groups in total. The van der Waals surface area contributed by atoms with Crippen molar-refractivity contribution in [1.82, 2.24) is 14.8 Å². The lowest BCUT2D eigenvalue weighted by atomic mass is 10.2. The highest BCUT2D eigenvalue weighted by atomic mass is 32.2. The number of rotatable bonds is 7. The molecule has 1 aliphatic carbocycles. The van der Waals surface area contributed by atoms with Crippen molar-refractivity contribution >= 4 is 35.0 Å². The SMILES string of the molecule is O=C(CSc1nnc(N2CCCC2)n1C1CC1)Nc1ccc(N2CCCC2)cc1. The van der Waals surface area contributed by atoms with Crippen molar-refractivity contribution in [3.05, 3.63) is 24.3 Å². The van der Waals surface area contributed by atoms with E-state index in [9.17, 15) is 4.79 Å². The molecule has 8 heteroatoms. The summed E-state index contributed by atoms with van der Waals surface area (Å²) in [7, 11) is 0. The Morgan fingerprint density at radius 3 is 2.28 bits per heavy atom. The van der Waals surface area contributed by atoms with Gasteiger partial charge in [0.1, 0.15) is 0 Å². The van der Waals surface area contributed by atoms with Crippen LogP contribution in [-0.4, -0.2) is 52.6 Å². The van der Waals surface area contributed by atoms with Gasteiger partial charge in [-0.15, -0.1) is 10.2 Å². The van der Waals surface area contributed by atoms with Crippen LogP contribution >= 0.6 is 11.8 Å². The maximum absolute atomic E-state index is 12.5. The van der Waals surface area contributed by atoms with Crippen LogP contribution in [0.15, 0.2) is 29.4 Å². The Morgan fingerprint density at radius 1 is 0.966 bits per heavy atom. The zero-order valence-corrected chi connectivity index (χ0v) is 17.5. The minimum Gasteiger partial charge on any atom is -0.372 e. The average molecular weight is 413 g/mol. The third kappa shape index (κ3) is 4.22. The van der Waals surface area contributed by atoms with Crippen molar-refractivity contribution in [2.24, 2.45) is 0 Å². The second kappa shape index (κ2) is 8.26. The summed E-state index contributed by atoms with van der Waals surface area (Å²) >= 11 is 1.49. The van der Waals surface area contributed by atoms with E-state index in [0.29, 0.717) is 11.8 Å². The molecule has 1 amide bonds. The van der Waals surface area contributed by atoms with Gasteiger partial charge in [-0.1, -0.05) is 11.8 Å².